The number of hydrogen-bond donors (Lipinski definition) is 1. The molecule has 1 amide bonds. The Kier molecular flexibility index (Phi) is 4.60. The normalized spacial score (nSPS) is 28.3. The van der Waals surface area contributed by atoms with Crippen LogP contribution < -0.4 is 10.2 Å². The number of benzene rings is 1. The van der Waals surface area contributed by atoms with Crippen LogP contribution >= 0.6 is 0 Å². The summed E-state index contributed by atoms with van der Waals surface area (Å²) < 4.78 is 20.3. The van der Waals surface area contributed by atoms with Crippen molar-refractivity contribution in [3.05, 3.63) is 53.4 Å². The largest absolute Gasteiger partial charge is 0.378 e. The van der Waals surface area contributed by atoms with Crippen molar-refractivity contribution in [1.29, 1.82) is 0 Å². The quantitative estimate of drug-likeness (QED) is 0.831. The van der Waals surface area contributed by atoms with E-state index in [1.165, 1.54) is 6.07 Å². The first-order valence-corrected chi connectivity index (χ1v) is 9.36. The number of morpholine rings is 1. The van der Waals surface area contributed by atoms with Gasteiger partial charge in [0.15, 0.2) is 0 Å². The number of anilines is 1. The third-order valence-corrected chi connectivity index (χ3v) is 5.71. The minimum absolute atomic E-state index is 0.127. The van der Waals surface area contributed by atoms with Gasteiger partial charge in [-0.25, -0.2) is 4.39 Å². The smallest absolute Gasteiger partial charge is 0.231 e. The molecule has 2 heterocycles. The molecule has 27 heavy (non-hydrogen) atoms. The highest BCUT2D eigenvalue weighted by atomic mass is 19.1. The molecule has 6 heteroatoms. The van der Waals surface area contributed by atoms with Crippen molar-refractivity contribution in [3.8, 4) is 0 Å². The van der Waals surface area contributed by atoms with Crippen molar-refractivity contribution in [2.75, 3.05) is 31.2 Å². The predicted octanol–water partition coefficient (Wildman–Crippen LogP) is 2.47. The lowest BCUT2D eigenvalue weighted by Gasteiger charge is -2.41. The molecule has 0 spiro atoms. The lowest BCUT2D eigenvalue weighted by molar-refractivity contribution is -0.139. The Hall–Kier alpha value is -2.47. The van der Waals surface area contributed by atoms with Crippen LogP contribution in [-0.2, 0) is 19.9 Å². The van der Waals surface area contributed by atoms with E-state index in [0.29, 0.717) is 37.6 Å². The molecule has 1 aliphatic carbocycles. The summed E-state index contributed by atoms with van der Waals surface area (Å²) in [6, 6.07) is 5.03. The van der Waals surface area contributed by atoms with Gasteiger partial charge in [-0.2, -0.15) is 0 Å². The first kappa shape index (κ1) is 17.9. The van der Waals surface area contributed by atoms with Crippen LogP contribution in [0.25, 0.3) is 0 Å². The molecule has 2 fully saturated rings. The zero-order chi connectivity index (χ0) is 19.0. The van der Waals surface area contributed by atoms with Crippen LogP contribution in [0, 0.1) is 11.7 Å². The Morgan fingerprint density at radius 3 is 2.67 bits per heavy atom. The van der Waals surface area contributed by atoms with Crippen LogP contribution in [-0.4, -0.2) is 38.0 Å². The second-order valence-corrected chi connectivity index (χ2v) is 7.32. The van der Waals surface area contributed by atoms with Crippen molar-refractivity contribution < 1.29 is 18.7 Å². The van der Waals surface area contributed by atoms with E-state index in [4.69, 9.17) is 4.74 Å². The lowest BCUT2D eigenvalue weighted by Crippen LogP contribution is -2.56. The summed E-state index contributed by atoms with van der Waals surface area (Å²) in [5.41, 5.74) is 0.964. The van der Waals surface area contributed by atoms with Crippen molar-refractivity contribution in [2.45, 2.75) is 25.3 Å². The fourth-order valence-corrected chi connectivity index (χ4v) is 4.05. The van der Waals surface area contributed by atoms with E-state index < -0.39 is 11.5 Å². The number of ketones is 1. The van der Waals surface area contributed by atoms with Crippen LogP contribution in [0.5, 0.6) is 0 Å². The van der Waals surface area contributed by atoms with Crippen LogP contribution in [0.4, 0.5) is 10.1 Å². The monoisotopic (exact) mass is 370 g/mol. The van der Waals surface area contributed by atoms with E-state index in [1.54, 1.807) is 13.0 Å². The van der Waals surface area contributed by atoms with E-state index in [0.717, 1.165) is 12.0 Å². The van der Waals surface area contributed by atoms with Gasteiger partial charge >= 0.3 is 0 Å². The maximum absolute atomic E-state index is 15.0. The number of rotatable bonds is 3. The molecule has 2 saturated heterocycles. The Morgan fingerprint density at radius 2 is 2.04 bits per heavy atom. The molecule has 0 aromatic heterocycles. The van der Waals surface area contributed by atoms with Crippen LogP contribution in [0.15, 0.2) is 42.0 Å². The third kappa shape index (κ3) is 3.08. The summed E-state index contributed by atoms with van der Waals surface area (Å²) in [4.78, 5) is 26.9. The second-order valence-electron chi connectivity index (χ2n) is 7.32. The summed E-state index contributed by atoms with van der Waals surface area (Å²) in [5, 5.41) is 3.01. The van der Waals surface area contributed by atoms with Gasteiger partial charge in [-0.1, -0.05) is 24.3 Å². The van der Waals surface area contributed by atoms with Gasteiger partial charge in [0.25, 0.3) is 0 Å². The van der Waals surface area contributed by atoms with Gasteiger partial charge in [0.05, 0.1) is 30.4 Å². The molecule has 2 atom stereocenters. The van der Waals surface area contributed by atoms with E-state index >= 15 is 0 Å². The predicted molar refractivity (Wildman–Crippen MR) is 99.9 cm³/mol. The van der Waals surface area contributed by atoms with Crippen LogP contribution in [0.3, 0.4) is 0 Å². The maximum Gasteiger partial charge on any atom is 0.231 e. The number of amides is 1. The van der Waals surface area contributed by atoms with E-state index in [-0.39, 0.29) is 23.9 Å². The molecule has 0 radical (unpaired) electrons. The van der Waals surface area contributed by atoms with E-state index in [2.05, 4.69) is 5.32 Å². The van der Waals surface area contributed by atoms with Crippen molar-refractivity contribution in [2.24, 2.45) is 5.92 Å². The Morgan fingerprint density at radius 1 is 1.26 bits per heavy atom. The highest BCUT2D eigenvalue weighted by molar-refractivity contribution is 6.05. The molecule has 0 saturated carbocycles. The highest BCUT2D eigenvalue weighted by Crippen LogP contribution is 2.41. The summed E-state index contributed by atoms with van der Waals surface area (Å²) in [6.07, 6.45) is 6.75. The van der Waals surface area contributed by atoms with Gasteiger partial charge in [0.2, 0.25) is 5.91 Å². The fourth-order valence-electron chi connectivity index (χ4n) is 4.05. The molecule has 2 unspecified atom stereocenters. The lowest BCUT2D eigenvalue weighted by atomic mass is 9.74. The van der Waals surface area contributed by atoms with Crippen molar-refractivity contribution in [1.82, 2.24) is 5.32 Å². The number of nitrogens with one attached hydrogen (secondary N) is 1. The maximum atomic E-state index is 15.0. The minimum Gasteiger partial charge on any atom is -0.378 e. The molecule has 3 aliphatic rings. The summed E-state index contributed by atoms with van der Waals surface area (Å²) in [5.74, 6) is -1.47. The Balaban J connectivity index is 1.75. The molecule has 0 bridgehead atoms. The molecule has 4 rings (SSSR count). The third-order valence-electron chi connectivity index (χ3n) is 5.71. The molecule has 142 valence electrons. The van der Waals surface area contributed by atoms with E-state index in [1.807, 2.05) is 29.2 Å². The zero-order valence-corrected chi connectivity index (χ0v) is 15.3. The average molecular weight is 370 g/mol. The molecule has 2 aliphatic heterocycles. The fraction of sp³-hybridized carbons (Fsp3) is 0.429. The average Bonchev–Trinajstić information content (AvgIpc) is 3.21. The van der Waals surface area contributed by atoms with Crippen LogP contribution in [0.1, 0.15) is 25.3 Å². The Labute approximate surface area is 157 Å². The molecular formula is C21H23FN2O3. The van der Waals surface area contributed by atoms with Crippen molar-refractivity contribution >= 4 is 17.4 Å². The SMILES string of the molecule is CC1C(=O)CC(C2=CCC=C2)(c2ccc(N3CCOCC3)c(F)c2)NC1=O. The molecule has 1 aromatic rings. The number of carbonyl (C=O) groups excluding carboxylic acids is 2. The minimum atomic E-state index is -1.00. The van der Waals surface area contributed by atoms with Gasteiger partial charge in [-0.15, -0.1) is 0 Å². The molecule has 1 N–H and O–H groups in total. The first-order chi connectivity index (χ1) is 13.0. The molecular weight excluding hydrogens is 347 g/mol. The van der Waals surface area contributed by atoms with Crippen LogP contribution in [0.2, 0.25) is 0 Å². The molecule has 5 nitrogen and oxygen atoms in total. The van der Waals surface area contributed by atoms with Gasteiger partial charge < -0.3 is 15.0 Å². The zero-order valence-electron chi connectivity index (χ0n) is 15.3. The van der Waals surface area contributed by atoms with E-state index in [9.17, 15) is 14.0 Å². The summed E-state index contributed by atoms with van der Waals surface area (Å²) >= 11 is 0. The van der Waals surface area contributed by atoms with Gasteiger partial charge in [0.1, 0.15) is 11.6 Å². The number of allylic oxidation sites excluding steroid dienone is 2. The van der Waals surface area contributed by atoms with Gasteiger partial charge in [-0.3, -0.25) is 9.59 Å². The standard InChI is InChI=1S/C21H23FN2O3/c1-14-19(25)13-21(23-20(14)26,15-4-2-3-5-15)16-6-7-18(17(22)12-16)24-8-10-27-11-9-24/h2,4-7,12,14H,3,8-11,13H2,1H3,(H,23,26). The number of hydrogen-bond acceptors (Lipinski definition) is 4. The number of ether oxygens (including phenoxy) is 1. The molecule has 1 aromatic carbocycles. The first-order valence-electron chi connectivity index (χ1n) is 9.36. The number of nitrogens with zero attached hydrogens (tertiary/aromatic N) is 1. The Bertz CT molecular complexity index is 822. The number of piperidine rings is 1. The van der Waals surface area contributed by atoms with Gasteiger partial charge in [-0.05, 0) is 36.6 Å². The number of carbonyl (C=O) groups is 2. The highest BCUT2D eigenvalue weighted by Gasteiger charge is 2.46. The second kappa shape index (κ2) is 6.93. The summed E-state index contributed by atoms with van der Waals surface area (Å²) in [6.45, 7) is 4.04. The number of halogens is 1. The topological polar surface area (TPSA) is 58.6 Å². The summed E-state index contributed by atoms with van der Waals surface area (Å²) in [7, 11) is 0. The number of Topliss-reactive ketones (excluding diaryl/α,β-unsaturated/α-hetero) is 1. The van der Waals surface area contributed by atoms with Gasteiger partial charge in [0, 0.05) is 19.5 Å². The van der Waals surface area contributed by atoms with Crippen molar-refractivity contribution in [3.63, 3.8) is 0 Å².